The fourth-order valence-electron chi connectivity index (χ4n) is 7.28. The molecule has 0 amide bonds. The number of aliphatic imine (C=N–C) groups is 2. The van der Waals surface area contributed by atoms with E-state index in [4.69, 9.17) is 14.4 Å². The van der Waals surface area contributed by atoms with E-state index in [1.807, 2.05) is 36.4 Å². The highest BCUT2D eigenvalue weighted by molar-refractivity contribution is 6.19. The molecule has 3 heterocycles. The van der Waals surface area contributed by atoms with Gasteiger partial charge in [0.25, 0.3) is 0 Å². The number of hydrogen-bond acceptors (Lipinski definition) is 4. The van der Waals surface area contributed by atoms with Crippen LogP contribution in [0.15, 0.2) is 184 Å². The summed E-state index contributed by atoms with van der Waals surface area (Å²) >= 11 is 0. The molecule has 0 fully saturated rings. The zero-order chi connectivity index (χ0) is 33.0. The van der Waals surface area contributed by atoms with Gasteiger partial charge in [0.15, 0.2) is 5.84 Å². The minimum atomic E-state index is -0.284. The molecule has 7 aromatic carbocycles. The molecule has 0 saturated carbocycles. The predicted octanol–water partition coefficient (Wildman–Crippen LogP) is 10.8. The Bertz CT molecular complexity index is 2780. The second-order valence-electron chi connectivity index (χ2n) is 12.7. The van der Waals surface area contributed by atoms with E-state index in [2.05, 4.69) is 143 Å². The van der Waals surface area contributed by atoms with Crippen molar-refractivity contribution in [1.29, 1.82) is 0 Å². The lowest BCUT2D eigenvalue weighted by Gasteiger charge is -2.23. The van der Waals surface area contributed by atoms with Gasteiger partial charge in [0.1, 0.15) is 23.2 Å². The summed E-state index contributed by atoms with van der Waals surface area (Å²) in [5, 5.41) is 8.11. The van der Waals surface area contributed by atoms with Gasteiger partial charge < -0.3 is 14.3 Å². The third-order valence-corrected chi connectivity index (χ3v) is 9.67. The van der Waals surface area contributed by atoms with Gasteiger partial charge in [-0.15, -0.1) is 0 Å². The topological polar surface area (TPSA) is 54.8 Å². The average molecular weight is 643 g/mol. The Balaban J connectivity index is 1.10. The maximum Gasteiger partial charge on any atom is 0.163 e. The van der Waals surface area contributed by atoms with Gasteiger partial charge in [-0.05, 0) is 65.2 Å². The highest BCUT2D eigenvalue weighted by Crippen LogP contribution is 2.38. The molecule has 0 spiro atoms. The van der Waals surface area contributed by atoms with Gasteiger partial charge in [0, 0.05) is 32.8 Å². The van der Waals surface area contributed by atoms with Gasteiger partial charge in [-0.25, -0.2) is 9.98 Å². The third kappa shape index (κ3) is 4.63. The summed E-state index contributed by atoms with van der Waals surface area (Å²) in [6.45, 7) is 0. The summed E-state index contributed by atoms with van der Waals surface area (Å²) in [4.78, 5) is 10.2. The maximum atomic E-state index is 6.73. The van der Waals surface area contributed by atoms with Crippen LogP contribution in [-0.2, 0) is 0 Å². The Hall–Kier alpha value is -6.72. The predicted molar refractivity (Wildman–Crippen MR) is 205 cm³/mol. The van der Waals surface area contributed by atoms with Crippen LogP contribution in [0.4, 0.5) is 0 Å². The van der Waals surface area contributed by atoms with Crippen molar-refractivity contribution in [3.8, 4) is 16.8 Å². The molecule has 50 heavy (non-hydrogen) atoms. The van der Waals surface area contributed by atoms with E-state index in [0.717, 1.165) is 61.3 Å². The van der Waals surface area contributed by atoms with E-state index in [1.54, 1.807) is 0 Å². The summed E-state index contributed by atoms with van der Waals surface area (Å²) in [6.07, 6.45) is -0.284. The number of hydrogen-bond donors (Lipinski definition) is 1. The Kier molecular flexibility index (Phi) is 6.49. The number of rotatable bonds is 5. The molecule has 1 aliphatic heterocycles. The van der Waals surface area contributed by atoms with Crippen LogP contribution in [0.25, 0.3) is 60.6 Å². The van der Waals surface area contributed by atoms with Crippen LogP contribution < -0.4 is 5.32 Å². The highest BCUT2D eigenvalue weighted by Gasteiger charge is 2.23. The third-order valence-electron chi connectivity index (χ3n) is 9.67. The molecule has 10 rings (SSSR count). The van der Waals surface area contributed by atoms with Crippen molar-refractivity contribution < 1.29 is 4.42 Å². The first-order valence-electron chi connectivity index (χ1n) is 16.9. The van der Waals surface area contributed by atoms with Crippen molar-refractivity contribution in [3.63, 3.8) is 0 Å². The van der Waals surface area contributed by atoms with Gasteiger partial charge in [-0.1, -0.05) is 121 Å². The number of nitrogens with zero attached hydrogens (tertiary/aromatic N) is 3. The lowest BCUT2D eigenvalue weighted by molar-refractivity contribution is 0.663. The Labute approximate surface area is 288 Å². The van der Waals surface area contributed by atoms with Crippen LogP contribution in [0.3, 0.4) is 0 Å². The first-order chi connectivity index (χ1) is 24.8. The molecule has 5 heteroatoms. The summed E-state index contributed by atoms with van der Waals surface area (Å²) < 4.78 is 9.07. The Morgan fingerprint density at radius 2 is 1.20 bits per heavy atom. The van der Waals surface area contributed by atoms with Gasteiger partial charge in [-0.2, -0.15) is 0 Å². The number of nitrogens with one attached hydrogen (secondary N) is 1. The molecular formula is C45H30N4O. The fraction of sp³-hybridized carbons (Fsp3) is 0.0222. The van der Waals surface area contributed by atoms with Crippen LogP contribution in [0.5, 0.6) is 0 Å². The summed E-state index contributed by atoms with van der Waals surface area (Å²) in [5.41, 5.74) is 10.3. The van der Waals surface area contributed by atoms with Crippen LogP contribution in [0.2, 0.25) is 0 Å². The van der Waals surface area contributed by atoms with Crippen molar-refractivity contribution in [3.05, 3.63) is 187 Å². The van der Waals surface area contributed by atoms with Crippen molar-refractivity contribution in [2.24, 2.45) is 9.98 Å². The zero-order valence-electron chi connectivity index (χ0n) is 27.0. The monoisotopic (exact) mass is 642 g/mol. The van der Waals surface area contributed by atoms with Crippen LogP contribution in [0, 0.1) is 0 Å². The molecule has 0 saturated heterocycles. The minimum absolute atomic E-state index is 0.284. The van der Waals surface area contributed by atoms with E-state index < -0.39 is 0 Å². The number of amidine groups is 2. The lowest BCUT2D eigenvalue weighted by Crippen LogP contribution is -2.33. The molecule has 0 aliphatic carbocycles. The van der Waals surface area contributed by atoms with Crippen molar-refractivity contribution >= 4 is 55.4 Å². The molecule has 0 bridgehead atoms. The lowest BCUT2D eigenvalue weighted by atomic mass is 10.0. The molecule has 1 unspecified atom stereocenters. The molecule has 236 valence electrons. The van der Waals surface area contributed by atoms with Gasteiger partial charge in [-0.3, -0.25) is 0 Å². The molecule has 0 radical (unpaired) electrons. The standard InChI is InChI=1S/C45H30N4O/c1-4-13-29(14-5-1)43-46-44(30-15-6-2-7-16-30)48-45(47-43)37-21-12-20-36-35-25-23-32(28-41(35)50-42(36)37)31-24-26-40-38(27-31)34-19-10-11-22-39(34)49(40)33-17-8-3-9-18-33/h1-28,43H,(H,46,47,48). The van der Waals surface area contributed by atoms with Gasteiger partial charge in [0.05, 0.1) is 16.6 Å². The number of aromatic nitrogens is 1. The summed E-state index contributed by atoms with van der Waals surface area (Å²) in [6, 6.07) is 59.2. The van der Waals surface area contributed by atoms with E-state index >= 15 is 0 Å². The van der Waals surface area contributed by atoms with Crippen molar-refractivity contribution in [2.45, 2.75) is 6.17 Å². The summed E-state index contributed by atoms with van der Waals surface area (Å²) in [5.74, 6) is 1.42. The average Bonchev–Trinajstić information content (AvgIpc) is 3.74. The summed E-state index contributed by atoms with van der Waals surface area (Å²) in [7, 11) is 0. The number of fused-ring (bicyclic) bond motifs is 6. The molecule has 9 aromatic rings. The number of benzene rings is 7. The Morgan fingerprint density at radius 3 is 2.04 bits per heavy atom. The van der Waals surface area contributed by atoms with E-state index in [0.29, 0.717) is 5.84 Å². The molecule has 1 aliphatic rings. The molecular weight excluding hydrogens is 613 g/mol. The van der Waals surface area contributed by atoms with Crippen molar-refractivity contribution in [2.75, 3.05) is 0 Å². The molecule has 5 nitrogen and oxygen atoms in total. The SMILES string of the molecule is c1ccc(C2=NC(c3cccc4c3oc3cc(-c5ccc6c(c5)c5ccccc5n6-c5ccccc5)ccc34)=NC(c3ccccc3)N2)cc1. The quantitative estimate of drug-likeness (QED) is 0.203. The molecule has 2 aromatic heterocycles. The number of furan rings is 1. The first-order valence-corrected chi connectivity index (χ1v) is 16.9. The highest BCUT2D eigenvalue weighted by atomic mass is 16.3. The maximum absolute atomic E-state index is 6.73. The van der Waals surface area contributed by atoms with E-state index in [9.17, 15) is 0 Å². The minimum Gasteiger partial charge on any atom is -0.455 e. The fourth-order valence-corrected chi connectivity index (χ4v) is 7.28. The Morgan fingerprint density at radius 1 is 0.520 bits per heavy atom. The number of para-hydroxylation sites is 3. The van der Waals surface area contributed by atoms with Crippen LogP contribution in [-0.4, -0.2) is 16.2 Å². The first kappa shape index (κ1) is 28.3. The smallest absolute Gasteiger partial charge is 0.163 e. The molecule has 1 N–H and O–H groups in total. The zero-order valence-corrected chi connectivity index (χ0v) is 27.0. The largest absolute Gasteiger partial charge is 0.455 e. The second kappa shape index (κ2) is 11.5. The van der Waals surface area contributed by atoms with Crippen molar-refractivity contribution in [1.82, 2.24) is 9.88 Å². The van der Waals surface area contributed by atoms with Crippen LogP contribution in [0.1, 0.15) is 22.9 Å². The van der Waals surface area contributed by atoms with Gasteiger partial charge in [0.2, 0.25) is 0 Å². The van der Waals surface area contributed by atoms with Gasteiger partial charge >= 0.3 is 0 Å². The van der Waals surface area contributed by atoms with E-state index in [1.165, 1.54) is 21.8 Å². The van der Waals surface area contributed by atoms with Crippen LogP contribution >= 0.6 is 0 Å². The second-order valence-corrected chi connectivity index (χ2v) is 12.7. The molecule has 1 atom stereocenters. The van der Waals surface area contributed by atoms with E-state index in [-0.39, 0.29) is 6.17 Å². The normalized spacial score (nSPS) is 14.6.